The van der Waals surface area contributed by atoms with E-state index in [4.69, 9.17) is 15.9 Å². The highest BCUT2D eigenvalue weighted by molar-refractivity contribution is 7.92. The lowest BCUT2D eigenvalue weighted by Crippen LogP contribution is -2.52. The summed E-state index contributed by atoms with van der Waals surface area (Å²) in [4.78, 5) is 44.9. The molecule has 0 radical (unpaired) electrons. The lowest BCUT2D eigenvalue weighted by Gasteiger charge is -2.19. The molecule has 0 aliphatic rings. The van der Waals surface area contributed by atoms with Gasteiger partial charge in [-0.1, -0.05) is 0 Å². The molecule has 6 N–H and O–H groups in total. The molecular formula is C13H23N3O8S. The average Bonchev–Trinajstić information content (AvgIpc) is 2.48. The Bertz CT molecular complexity index is 617. The van der Waals surface area contributed by atoms with Crippen LogP contribution in [-0.4, -0.2) is 72.0 Å². The van der Waals surface area contributed by atoms with Crippen molar-refractivity contribution in [1.82, 2.24) is 10.6 Å². The fourth-order valence-corrected chi connectivity index (χ4v) is 2.65. The molecule has 0 aromatic carbocycles. The fraction of sp³-hybridized carbons (Fsp3) is 0.692. The summed E-state index contributed by atoms with van der Waals surface area (Å²) in [5.74, 6) is -5.09. The number of hydrogen-bond acceptors (Lipinski definition) is 7. The van der Waals surface area contributed by atoms with Crippen LogP contribution in [0.4, 0.5) is 0 Å². The maximum atomic E-state index is 12.0. The van der Waals surface area contributed by atoms with Gasteiger partial charge in [0.15, 0.2) is 9.84 Å². The fourth-order valence-electron chi connectivity index (χ4n) is 1.57. The van der Waals surface area contributed by atoms with Gasteiger partial charge in [-0.15, -0.1) is 0 Å². The van der Waals surface area contributed by atoms with E-state index in [1.54, 1.807) is 0 Å². The molecule has 2 atom stereocenters. The summed E-state index contributed by atoms with van der Waals surface area (Å²) in [6, 6.07) is -2.77. The van der Waals surface area contributed by atoms with Gasteiger partial charge in [0.1, 0.15) is 18.6 Å². The zero-order valence-corrected chi connectivity index (χ0v) is 14.7. The summed E-state index contributed by atoms with van der Waals surface area (Å²) in [5, 5.41) is 20.6. The third-order valence-corrected chi connectivity index (χ3v) is 5.42. The van der Waals surface area contributed by atoms with Crippen molar-refractivity contribution in [3.63, 3.8) is 0 Å². The van der Waals surface area contributed by atoms with Crippen LogP contribution in [0.25, 0.3) is 0 Å². The Kier molecular flexibility index (Phi) is 9.06. The van der Waals surface area contributed by atoms with E-state index in [1.807, 2.05) is 5.32 Å². The van der Waals surface area contributed by atoms with Gasteiger partial charge in [0.05, 0.1) is 11.0 Å². The van der Waals surface area contributed by atoms with Crippen LogP contribution in [0, 0.1) is 0 Å². The predicted octanol–water partition coefficient (Wildman–Crippen LogP) is -2.31. The lowest BCUT2D eigenvalue weighted by atomic mass is 10.1. The molecule has 0 saturated heterocycles. The van der Waals surface area contributed by atoms with Crippen molar-refractivity contribution < 1.29 is 37.8 Å². The van der Waals surface area contributed by atoms with Crippen LogP contribution < -0.4 is 16.4 Å². The molecule has 0 spiro atoms. The summed E-state index contributed by atoms with van der Waals surface area (Å²) in [7, 11) is -3.71. The van der Waals surface area contributed by atoms with Crippen LogP contribution in [0.2, 0.25) is 0 Å². The smallest absolute Gasteiger partial charge is 0.322 e. The number of amides is 2. The van der Waals surface area contributed by atoms with E-state index in [0.29, 0.717) is 0 Å². The van der Waals surface area contributed by atoms with E-state index in [1.165, 1.54) is 13.8 Å². The first kappa shape index (κ1) is 22.8. The Hall–Kier alpha value is -2.21. The van der Waals surface area contributed by atoms with Gasteiger partial charge in [-0.25, -0.2) is 8.42 Å². The van der Waals surface area contributed by atoms with Crippen molar-refractivity contribution in [2.75, 3.05) is 12.3 Å². The van der Waals surface area contributed by atoms with Gasteiger partial charge in [0, 0.05) is 6.42 Å². The summed E-state index contributed by atoms with van der Waals surface area (Å²) < 4.78 is 23.9. The van der Waals surface area contributed by atoms with Gasteiger partial charge >= 0.3 is 11.9 Å². The molecule has 0 aliphatic carbocycles. The normalized spacial score (nSPS) is 13.8. The quantitative estimate of drug-likeness (QED) is 0.261. The number of nitrogens with one attached hydrogen (secondary N) is 2. The third kappa shape index (κ3) is 9.00. The van der Waals surface area contributed by atoms with Crippen LogP contribution in [0.5, 0.6) is 0 Å². The van der Waals surface area contributed by atoms with Gasteiger partial charge in [-0.2, -0.15) is 0 Å². The maximum absolute atomic E-state index is 12.0. The highest BCUT2D eigenvalue weighted by atomic mass is 32.2. The van der Waals surface area contributed by atoms with Crippen LogP contribution in [0.1, 0.15) is 26.7 Å². The second-order valence-corrected chi connectivity index (χ2v) is 8.20. The summed E-state index contributed by atoms with van der Waals surface area (Å²) in [6.07, 6.45) is -0.542. The molecule has 1 unspecified atom stereocenters. The molecule has 12 heteroatoms. The molecule has 0 heterocycles. The number of aliphatic carboxylic acids is 2. The minimum absolute atomic E-state index is 0.207. The van der Waals surface area contributed by atoms with Crippen LogP contribution in [0.15, 0.2) is 0 Å². The molecule has 0 aliphatic heterocycles. The largest absolute Gasteiger partial charge is 0.480 e. The minimum atomic E-state index is -3.71. The summed E-state index contributed by atoms with van der Waals surface area (Å²) in [6.45, 7) is 2.06. The Morgan fingerprint density at radius 3 is 2.12 bits per heavy atom. The van der Waals surface area contributed by atoms with E-state index >= 15 is 0 Å². The van der Waals surface area contributed by atoms with Gasteiger partial charge in [0.2, 0.25) is 11.8 Å². The number of carboxylic acids is 2. The van der Waals surface area contributed by atoms with Crippen molar-refractivity contribution in [2.24, 2.45) is 5.73 Å². The first-order valence-electron chi connectivity index (χ1n) is 7.35. The lowest BCUT2D eigenvalue weighted by molar-refractivity contribution is -0.139. The Morgan fingerprint density at radius 2 is 1.68 bits per heavy atom. The number of carbonyl (C=O) groups excluding carboxylic acids is 2. The minimum Gasteiger partial charge on any atom is -0.480 e. The van der Waals surface area contributed by atoms with Gasteiger partial charge in [0.25, 0.3) is 0 Å². The highest BCUT2D eigenvalue weighted by Crippen LogP contribution is 2.05. The van der Waals surface area contributed by atoms with Crippen molar-refractivity contribution in [1.29, 1.82) is 0 Å². The van der Waals surface area contributed by atoms with E-state index in [-0.39, 0.29) is 12.8 Å². The molecule has 0 rings (SSSR count). The van der Waals surface area contributed by atoms with E-state index in [2.05, 4.69) is 5.32 Å². The average molecular weight is 381 g/mol. The Morgan fingerprint density at radius 1 is 1.12 bits per heavy atom. The zero-order valence-electron chi connectivity index (χ0n) is 13.9. The third-order valence-electron chi connectivity index (χ3n) is 3.18. The highest BCUT2D eigenvalue weighted by Gasteiger charge is 2.29. The molecule has 0 saturated carbocycles. The molecule has 2 amide bonds. The SMILES string of the molecule is CC(C)S(=O)(=O)C[C@H](NC(=O)CCC(N)C(=O)O)C(=O)NCC(=O)O. The first-order chi connectivity index (χ1) is 11.4. The van der Waals surface area contributed by atoms with Crippen LogP contribution in [-0.2, 0) is 29.0 Å². The van der Waals surface area contributed by atoms with E-state index in [0.717, 1.165) is 0 Å². The van der Waals surface area contributed by atoms with Gasteiger partial charge in [-0.3, -0.25) is 19.2 Å². The molecule has 0 aromatic rings. The van der Waals surface area contributed by atoms with Gasteiger partial charge in [-0.05, 0) is 20.3 Å². The maximum Gasteiger partial charge on any atom is 0.322 e. The second-order valence-electron chi connectivity index (χ2n) is 5.59. The zero-order chi connectivity index (χ0) is 19.8. The summed E-state index contributed by atoms with van der Waals surface area (Å²) >= 11 is 0. The second kappa shape index (κ2) is 9.93. The number of rotatable bonds is 11. The number of hydrogen-bond donors (Lipinski definition) is 5. The summed E-state index contributed by atoms with van der Waals surface area (Å²) in [5.41, 5.74) is 5.26. The van der Waals surface area contributed by atoms with E-state index < -0.39 is 63.2 Å². The van der Waals surface area contributed by atoms with E-state index in [9.17, 15) is 27.6 Å². The molecule has 0 bridgehead atoms. The molecule has 11 nitrogen and oxygen atoms in total. The molecule has 25 heavy (non-hydrogen) atoms. The van der Waals surface area contributed by atoms with Crippen LogP contribution >= 0.6 is 0 Å². The number of nitrogens with two attached hydrogens (primary N) is 1. The van der Waals surface area contributed by atoms with Gasteiger partial charge < -0.3 is 26.6 Å². The Labute approximate surface area is 144 Å². The number of carboxylic acid groups (broad SMARTS) is 2. The van der Waals surface area contributed by atoms with Crippen molar-refractivity contribution in [3.05, 3.63) is 0 Å². The number of carbonyl (C=O) groups is 4. The van der Waals surface area contributed by atoms with Crippen molar-refractivity contribution in [3.8, 4) is 0 Å². The first-order valence-corrected chi connectivity index (χ1v) is 9.07. The number of sulfone groups is 1. The standard InChI is InChI=1S/C13H23N3O8S/c1-7(2)25(23,24)6-9(12(20)15-5-11(18)19)16-10(17)4-3-8(14)13(21)22/h7-9H,3-6,14H2,1-2H3,(H,15,20)(H,16,17)(H,18,19)(H,21,22)/t8?,9-/m0/s1. The predicted molar refractivity (Wildman–Crippen MR) is 86.3 cm³/mol. The molecule has 0 aromatic heterocycles. The Balaban J connectivity index is 5.00. The molecule has 144 valence electrons. The van der Waals surface area contributed by atoms with Crippen molar-refractivity contribution in [2.45, 2.75) is 44.0 Å². The van der Waals surface area contributed by atoms with Crippen LogP contribution in [0.3, 0.4) is 0 Å². The topological polar surface area (TPSA) is 193 Å². The molecule has 0 fully saturated rings. The molecular weight excluding hydrogens is 358 g/mol. The monoisotopic (exact) mass is 381 g/mol. The van der Waals surface area contributed by atoms with Crippen molar-refractivity contribution >= 4 is 33.6 Å².